The SMILES string of the molecule is CC(=O)O[C@]12CO[C@@H]1C[C@H](O)[C@@]1(C)C(=O)[C@H](O)C3=C(C)[C@H](O)C[C@@](O)([C@H](OC(=O)c4ccccc4)C21)C3(C)C. The first-order chi connectivity index (χ1) is 18.1. The van der Waals surface area contributed by atoms with Gasteiger partial charge in [-0.05, 0) is 37.1 Å². The van der Waals surface area contributed by atoms with E-state index in [-0.39, 0.29) is 30.6 Å². The second-order valence-corrected chi connectivity index (χ2v) is 12.2. The van der Waals surface area contributed by atoms with E-state index in [1.54, 1.807) is 39.0 Å². The normalized spacial score (nSPS) is 42.7. The molecule has 2 saturated carbocycles. The van der Waals surface area contributed by atoms with Crippen molar-refractivity contribution in [3.8, 4) is 0 Å². The molecule has 10 nitrogen and oxygen atoms in total. The van der Waals surface area contributed by atoms with E-state index in [0.717, 1.165) is 0 Å². The van der Waals surface area contributed by atoms with E-state index in [1.807, 2.05) is 0 Å². The number of aliphatic hydroxyl groups excluding tert-OH is 3. The van der Waals surface area contributed by atoms with Gasteiger partial charge in [-0.25, -0.2) is 4.79 Å². The lowest BCUT2D eigenvalue weighted by Gasteiger charge is -2.67. The third kappa shape index (κ3) is 3.62. The summed E-state index contributed by atoms with van der Waals surface area (Å²) < 4.78 is 17.7. The van der Waals surface area contributed by atoms with Crippen molar-refractivity contribution in [2.75, 3.05) is 6.61 Å². The van der Waals surface area contributed by atoms with Crippen LogP contribution in [0.15, 0.2) is 41.5 Å². The number of benzene rings is 1. The van der Waals surface area contributed by atoms with E-state index < -0.39 is 76.2 Å². The number of aliphatic hydroxyl groups is 4. The predicted octanol–water partition coefficient (Wildman–Crippen LogP) is 1.08. The van der Waals surface area contributed by atoms with Crippen LogP contribution in [-0.2, 0) is 23.8 Å². The number of ketones is 1. The van der Waals surface area contributed by atoms with Crippen LogP contribution in [0.25, 0.3) is 0 Å². The summed E-state index contributed by atoms with van der Waals surface area (Å²) in [5, 5.41) is 46.7. The molecule has 9 atom stereocenters. The zero-order valence-electron chi connectivity index (χ0n) is 22.7. The number of carbonyl (C=O) groups is 3. The summed E-state index contributed by atoms with van der Waals surface area (Å²) in [6.07, 6.45) is -7.26. The third-order valence-corrected chi connectivity index (χ3v) is 9.95. The molecule has 4 N–H and O–H groups in total. The minimum absolute atomic E-state index is 0.0828. The maximum atomic E-state index is 14.3. The number of carbonyl (C=O) groups excluding carboxylic acids is 3. The van der Waals surface area contributed by atoms with Crippen LogP contribution in [0.3, 0.4) is 0 Å². The molecule has 0 radical (unpaired) electrons. The maximum Gasteiger partial charge on any atom is 0.338 e. The molecule has 1 aromatic carbocycles. The van der Waals surface area contributed by atoms with Gasteiger partial charge in [0.25, 0.3) is 0 Å². The first kappa shape index (κ1) is 27.9. The standard InChI is InChI=1S/C29H36O10/c1-14-17(31)12-29(36)24(38-25(35)16-9-7-6-8-10-16)22-27(5,23(34)21(33)20(14)26(29,3)4)18(32)11-19-28(22,13-37-19)39-15(2)30/h6-10,17-19,21-22,24,31-33,36H,11-13H2,1-5H3/t17-,18+,19-,21-,22?,24-,27-,28-,29-/m1/s1. The summed E-state index contributed by atoms with van der Waals surface area (Å²) in [4.78, 5) is 40.3. The van der Waals surface area contributed by atoms with Crippen molar-refractivity contribution in [3.63, 3.8) is 0 Å². The van der Waals surface area contributed by atoms with E-state index >= 15 is 0 Å². The maximum absolute atomic E-state index is 14.3. The number of fused-ring (bicyclic) bond motifs is 5. The Morgan fingerprint density at radius 3 is 2.28 bits per heavy atom. The highest BCUT2D eigenvalue weighted by Gasteiger charge is 2.77. The molecule has 3 aliphatic carbocycles. The molecule has 1 aromatic rings. The monoisotopic (exact) mass is 544 g/mol. The topological polar surface area (TPSA) is 160 Å². The van der Waals surface area contributed by atoms with Crippen LogP contribution in [-0.4, -0.2) is 86.5 Å². The van der Waals surface area contributed by atoms with Crippen molar-refractivity contribution in [3.05, 3.63) is 47.0 Å². The quantitative estimate of drug-likeness (QED) is 0.320. The Balaban J connectivity index is 1.81. The van der Waals surface area contributed by atoms with E-state index in [2.05, 4.69) is 0 Å². The molecule has 3 fully saturated rings. The summed E-state index contributed by atoms with van der Waals surface area (Å²) in [6, 6.07) is 8.08. The van der Waals surface area contributed by atoms with Crippen LogP contribution < -0.4 is 0 Å². The summed E-state index contributed by atoms with van der Waals surface area (Å²) in [5.41, 5.74) is -6.24. The Bertz CT molecular complexity index is 1240. The number of Topliss-reactive ketones (excluding diaryl/α,β-unsaturated/α-hetero) is 1. The minimum atomic E-state index is -2.07. The van der Waals surface area contributed by atoms with Crippen molar-refractivity contribution in [1.82, 2.24) is 0 Å². The van der Waals surface area contributed by atoms with Gasteiger partial charge in [0.1, 0.15) is 23.9 Å². The Hall–Kier alpha value is -2.63. The lowest BCUT2D eigenvalue weighted by molar-refractivity contribution is -0.345. The van der Waals surface area contributed by atoms with Gasteiger partial charge in [0.15, 0.2) is 11.4 Å². The van der Waals surface area contributed by atoms with Crippen LogP contribution in [0.2, 0.25) is 0 Å². The molecule has 1 heterocycles. The fourth-order valence-corrected chi connectivity index (χ4v) is 7.66. The molecule has 0 amide bonds. The van der Waals surface area contributed by atoms with Crippen LogP contribution in [0.5, 0.6) is 0 Å². The summed E-state index contributed by atoms with van der Waals surface area (Å²) >= 11 is 0. The fourth-order valence-electron chi connectivity index (χ4n) is 7.66. The second kappa shape index (κ2) is 8.94. The lowest BCUT2D eigenvalue weighted by Crippen LogP contribution is -2.81. The molecule has 10 heteroatoms. The number of ether oxygens (including phenoxy) is 3. The van der Waals surface area contributed by atoms with E-state index in [1.165, 1.54) is 26.0 Å². The minimum Gasteiger partial charge on any atom is -0.455 e. The van der Waals surface area contributed by atoms with Gasteiger partial charge in [0.2, 0.25) is 0 Å². The Labute approximate surface area is 226 Å². The van der Waals surface area contributed by atoms with Crippen molar-refractivity contribution in [2.24, 2.45) is 16.7 Å². The number of rotatable bonds is 3. The van der Waals surface area contributed by atoms with Gasteiger partial charge in [-0.1, -0.05) is 32.0 Å². The molecule has 1 aliphatic heterocycles. The van der Waals surface area contributed by atoms with E-state index in [9.17, 15) is 34.8 Å². The fraction of sp³-hybridized carbons (Fsp3) is 0.621. The van der Waals surface area contributed by atoms with Crippen LogP contribution in [0.1, 0.15) is 57.8 Å². The van der Waals surface area contributed by atoms with E-state index in [0.29, 0.717) is 5.57 Å². The number of hydrogen-bond acceptors (Lipinski definition) is 10. The average molecular weight is 545 g/mol. The number of hydrogen-bond donors (Lipinski definition) is 4. The molecule has 2 bridgehead atoms. The molecule has 4 aliphatic rings. The van der Waals surface area contributed by atoms with Gasteiger partial charge in [-0.2, -0.15) is 0 Å². The van der Waals surface area contributed by atoms with Crippen LogP contribution in [0, 0.1) is 16.7 Å². The zero-order valence-corrected chi connectivity index (χ0v) is 22.7. The molecule has 5 rings (SSSR count). The Morgan fingerprint density at radius 2 is 1.72 bits per heavy atom. The van der Waals surface area contributed by atoms with E-state index in [4.69, 9.17) is 14.2 Å². The molecule has 0 spiro atoms. The zero-order chi connectivity index (χ0) is 28.7. The Kier molecular flexibility index (Phi) is 6.40. The molecule has 212 valence electrons. The first-order valence-corrected chi connectivity index (χ1v) is 13.2. The van der Waals surface area contributed by atoms with Crippen molar-refractivity contribution >= 4 is 17.7 Å². The highest BCUT2D eigenvalue weighted by atomic mass is 16.6. The second-order valence-electron chi connectivity index (χ2n) is 12.2. The van der Waals surface area contributed by atoms with Gasteiger partial charge in [0.05, 0.1) is 35.7 Å². The predicted molar refractivity (Wildman–Crippen MR) is 135 cm³/mol. The van der Waals surface area contributed by atoms with Crippen molar-refractivity contribution in [1.29, 1.82) is 0 Å². The summed E-state index contributed by atoms with van der Waals surface area (Å²) in [6.45, 7) is 7.29. The van der Waals surface area contributed by atoms with Crippen LogP contribution >= 0.6 is 0 Å². The van der Waals surface area contributed by atoms with Crippen LogP contribution in [0.4, 0.5) is 0 Å². The van der Waals surface area contributed by atoms with Crippen molar-refractivity contribution in [2.45, 2.75) is 89.2 Å². The molecule has 1 unspecified atom stereocenters. The lowest BCUT2D eigenvalue weighted by atomic mass is 9.44. The summed E-state index contributed by atoms with van der Waals surface area (Å²) in [5.74, 6) is -3.60. The number of esters is 2. The highest BCUT2D eigenvalue weighted by Crippen LogP contribution is 2.63. The smallest absolute Gasteiger partial charge is 0.338 e. The molecule has 0 aromatic heterocycles. The third-order valence-electron chi connectivity index (χ3n) is 9.95. The van der Waals surface area contributed by atoms with Gasteiger partial charge in [-0.15, -0.1) is 0 Å². The molecular formula is C29H36O10. The molecular weight excluding hydrogens is 508 g/mol. The van der Waals surface area contributed by atoms with Gasteiger partial charge >= 0.3 is 11.9 Å². The largest absolute Gasteiger partial charge is 0.455 e. The molecule has 1 saturated heterocycles. The van der Waals surface area contributed by atoms with Crippen molar-refractivity contribution < 1.29 is 49.0 Å². The summed E-state index contributed by atoms with van der Waals surface area (Å²) in [7, 11) is 0. The Morgan fingerprint density at radius 1 is 1.08 bits per heavy atom. The molecule has 39 heavy (non-hydrogen) atoms. The highest BCUT2D eigenvalue weighted by molar-refractivity contribution is 5.94. The average Bonchev–Trinajstić information content (AvgIpc) is 2.87. The van der Waals surface area contributed by atoms with Gasteiger partial charge in [-0.3, -0.25) is 9.59 Å². The van der Waals surface area contributed by atoms with Gasteiger partial charge < -0.3 is 34.6 Å². The first-order valence-electron chi connectivity index (χ1n) is 13.2. The van der Waals surface area contributed by atoms with Gasteiger partial charge in [0, 0.05) is 25.2 Å².